The van der Waals surface area contributed by atoms with Crippen LogP contribution in [0.2, 0.25) is 5.02 Å². The van der Waals surface area contributed by atoms with Crippen LogP contribution in [0.15, 0.2) is 36.4 Å². The lowest BCUT2D eigenvalue weighted by Gasteiger charge is -2.30. The van der Waals surface area contributed by atoms with Crippen molar-refractivity contribution < 1.29 is 36.6 Å². The summed E-state index contributed by atoms with van der Waals surface area (Å²) in [5.74, 6) is -2.88. The van der Waals surface area contributed by atoms with Crippen molar-refractivity contribution in [1.82, 2.24) is 19.4 Å². The van der Waals surface area contributed by atoms with Crippen LogP contribution in [0.5, 0.6) is 0 Å². The van der Waals surface area contributed by atoms with Crippen LogP contribution in [0.3, 0.4) is 0 Å². The topological polar surface area (TPSA) is 92.5 Å². The number of carbonyl (C=O) groups is 1. The fourth-order valence-corrected chi connectivity index (χ4v) is 5.55. The number of hydrogen-bond donors (Lipinski definition) is 2. The normalized spacial score (nSPS) is 17.1. The van der Waals surface area contributed by atoms with Gasteiger partial charge in [0.15, 0.2) is 5.82 Å². The summed E-state index contributed by atoms with van der Waals surface area (Å²) >= 11 is 5.78. The summed E-state index contributed by atoms with van der Waals surface area (Å²) < 4.78 is 78.7. The van der Waals surface area contributed by atoms with Crippen molar-refractivity contribution in [3.63, 3.8) is 0 Å². The summed E-state index contributed by atoms with van der Waals surface area (Å²) in [5.41, 5.74) is -0.0556. The Morgan fingerprint density at radius 2 is 1.95 bits per heavy atom. The highest BCUT2D eigenvalue weighted by atomic mass is 35.5. The molecule has 2 aliphatic heterocycles. The minimum atomic E-state index is -4.69. The first-order chi connectivity index (χ1) is 20.5. The number of carboxylic acids is 1. The number of aromatic carboxylic acids is 1. The molecule has 0 saturated carbocycles. The van der Waals surface area contributed by atoms with Gasteiger partial charge in [-0.15, -0.1) is 0 Å². The number of nitrogens with one attached hydrogen (secondary N) is 1. The Kier molecular flexibility index (Phi) is 7.73. The zero-order valence-corrected chi connectivity index (χ0v) is 23.3. The van der Waals surface area contributed by atoms with E-state index in [9.17, 15) is 27.5 Å². The highest BCUT2D eigenvalue weighted by Crippen LogP contribution is 2.37. The lowest BCUT2D eigenvalue weighted by molar-refractivity contribution is -0.137. The van der Waals surface area contributed by atoms with E-state index >= 15 is 4.39 Å². The SMILES string of the molecule is O=C(O)c1ccc2nc(CN3CCc4cc(C(F)(F)F)c(NCc5ccc(Cl)cc5F)nc4C3)n(C[C@@H]3CCO3)c2c1F. The van der Waals surface area contributed by atoms with Gasteiger partial charge in [-0.2, -0.15) is 13.2 Å². The van der Waals surface area contributed by atoms with Gasteiger partial charge in [-0.3, -0.25) is 4.90 Å². The fourth-order valence-electron chi connectivity index (χ4n) is 5.39. The van der Waals surface area contributed by atoms with E-state index in [-0.39, 0.29) is 54.8 Å². The molecule has 0 unspecified atom stereocenters. The van der Waals surface area contributed by atoms with E-state index < -0.39 is 40.7 Å². The number of benzene rings is 2. The molecular formula is C29H25ClF5N5O3. The van der Waals surface area contributed by atoms with Gasteiger partial charge in [0.2, 0.25) is 0 Å². The Hall–Kier alpha value is -3.81. The van der Waals surface area contributed by atoms with Gasteiger partial charge in [-0.05, 0) is 48.7 Å². The second-order valence-corrected chi connectivity index (χ2v) is 11.0. The number of imidazole rings is 1. The molecule has 2 aromatic carbocycles. The molecule has 43 heavy (non-hydrogen) atoms. The highest BCUT2D eigenvalue weighted by molar-refractivity contribution is 6.30. The lowest BCUT2D eigenvalue weighted by atomic mass is 10.0. The zero-order chi connectivity index (χ0) is 30.5. The monoisotopic (exact) mass is 621 g/mol. The highest BCUT2D eigenvalue weighted by Gasteiger charge is 2.36. The minimum Gasteiger partial charge on any atom is -0.478 e. The Morgan fingerprint density at radius 1 is 1.16 bits per heavy atom. The molecule has 2 aliphatic rings. The number of rotatable bonds is 8. The van der Waals surface area contributed by atoms with Gasteiger partial charge in [0.1, 0.15) is 23.0 Å². The van der Waals surface area contributed by atoms with E-state index in [0.29, 0.717) is 35.8 Å². The minimum absolute atomic E-state index is 0.0664. The van der Waals surface area contributed by atoms with Crippen molar-refractivity contribution >= 4 is 34.4 Å². The second kappa shape index (κ2) is 11.4. The van der Waals surface area contributed by atoms with E-state index in [1.165, 1.54) is 24.3 Å². The van der Waals surface area contributed by atoms with E-state index in [4.69, 9.17) is 16.3 Å². The van der Waals surface area contributed by atoms with Crippen LogP contribution in [0.1, 0.15) is 45.0 Å². The van der Waals surface area contributed by atoms with Gasteiger partial charge in [-0.1, -0.05) is 17.7 Å². The van der Waals surface area contributed by atoms with E-state index in [2.05, 4.69) is 15.3 Å². The first kappa shape index (κ1) is 29.3. The van der Waals surface area contributed by atoms with Crippen LogP contribution in [0.25, 0.3) is 11.0 Å². The molecule has 2 aromatic heterocycles. The van der Waals surface area contributed by atoms with Gasteiger partial charge >= 0.3 is 12.1 Å². The average molecular weight is 622 g/mol. The van der Waals surface area contributed by atoms with Crippen molar-refractivity contribution in [2.45, 2.75) is 51.3 Å². The Bertz CT molecular complexity index is 1720. The van der Waals surface area contributed by atoms with Crippen molar-refractivity contribution in [2.24, 2.45) is 0 Å². The summed E-state index contributed by atoms with van der Waals surface area (Å²) in [7, 11) is 0. The average Bonchev–Trinajstić information content (AvgIpc) is 3.26. The number of carboxylic acid groups (broad SMARTS) is 1. The summed E-state index contributed by atoms with van der Waals surface area (Å²) in [6, 6.07) is 7.62. The molecule has 4 heterocycles. The van der Waals surface area contributed by atoms with Crippen molar-refractivity contribution in [3.05, 3.63) is 86.8 Å². The summed E-state index contributed by atoms with van der Waals surface area (Å²) in [5, 5.41) is 12.2. The Balaban J connectivity index is 1.29. The number of nitrogens with zero attached hydrogens (tertiary/aromatic N) is 4. The van der Waals surface area contributed by atoms with Crippen LogP contribution in [0, 0.1) is 11.6 Å². The fraction of sp³-hybridized carbons (Fsp3) is 0.345. The predicted molar refractivity (Wildman–Crippen MR) is 147 cm³/mol. The quantitative estimate of drug-likeness (QED) is 0.232. The largest absolute Gasteiger partial charge is 0.478 e. The number of aromatic nitrogens is 3. The third-order valence-corrected chi connectivity index (χ3v) is 7.96. The molecule has 0 radical (unpaired) electrons. The molecule has 226 valence electrons. The Morgan fingerprint density at radius 3 is 2.63 bits per heavy atom. The van der Waals surface area contributed by atoms with Gasteiger partial charge in [0.05, 0.1) is 41.5 Å². The van der Waals surface area contributed by atoms with Gasteiger partial charge < -0.3 is 19.7 Å². The molecule has 6 rings (SSSR count). The van der Waals surface area contributed by atoms with Gasteiger partial charge in [-0.25, -0.2) is 23.5 Å². The van der Waals surface area contributed by atoms with Crippen LogP contribution in [-0.4, -0.2) is 49.8 Å². The summed E-state index contributed by atoms with van der Waals surface area (Å²) in [4.78, 5) is 22.4. The number of ether oxygens (including phenoxy) is 1. The maximum Gasteiger partial charge on any atom is 0.419 e. The summed E-state index contributed by atoms with van der Waals surface area (Å²) in [6.45, 7) is 1.40. The number of halogens is 6. The molecule has 14 heteroatoms. The maximum atomic E-state index is 15.3. The number of fused-ring (bicyclic) bond motifs is 2. The standard InChI is InChI=1S/C29H25ClF5N5O3/c30-17-2-1-16(21(31)10-17)11-36-27-20(29(33,34)35)9-15-5-7-39(13-23(15)38-27)14-24-37-22-4-3-19(28(41)42)25(32)26(22)40(24)12-18-6-8-43-18/h1-4,9-10,18H,5-8,11-14H2,(H,36,38)(H,41,42)/t18-/m0/s1. The third kappa shape index (κ3) is 5.89. The van der Waals surface area contributed by atoms with Crippen molar-refractivity contribution in [2.75, 3.05) is 18.5 Å². The van der Waals surface area contributed by atoms with E-state index in [1.54, 1.807) is 4.57 Å². The van der Waals surface area contributed by atoms with Gasteiger partial charge in [0, 0.05) is 36.8 Å². The molecule has 1 atom stereocenters. The van der Waals surface area contributed by atoms with E-state index in [0.717, 1.165) is 18.6 Å². The summed E-state index contributed by atoms with van der Waals surface area (Å²) in [6.07, 6.45) is -3.82. The molecule has 0 aliphatic carbocycles. The van der Waals surface area contributed by atoms with Crippen molar-refractivity contribution in [1.29, 1.82) is 0 Å². The first-order valence-electron chi connectivity index (χ1n) is 13.5. The second-order valence-electron chi connectivity index (χ2n) is 10.6. The molecule has 0 amide bonds. The van der Waals surface area contributed by atoms with E-state index in [1.807, 2.05) is 4.90 Å². The van der Waals surface area contributed by atoms with Crippen LogP contribution in [0.4, 0.5) is 27.8 Å². The smallest absolute Gasteiger partial charge is 0.419 e. The zero-order valence-electron chi connectivity index (χ0n) is 22.5. The molecule has 0 spiro atoms. The Labute approximate surface area is 247 Å². The third-order valence-electron chi connectivity index (χ3n) is 7.73. The van der Waals surface area contributed by atoms with Crippen LogP contribution < -0.4 is 5.32 Å². The van der Waals surface area contributed by atoms with Crippen LogP contribution in [-0.2, 0) is 43.5 Å². The molecular weight excluding hydrogens is 597 g/mol. The van der Waals surface area contributed by atoms with Crippen LogP contribution >= 0.6 is 11.6 Å². The number of alkyl halides is 3. The predicted octanol–water partition coefficient (Wildman–Crippen LogP) is 6.04. The molecule has 1 saturated heterocycles. The molecule has 2 N–H and O–H groups in total. The number of pyridine rings is 1. The maximum absolute atomic E-state index is 15.3. The lowest BCUT2D eigenvalue weighted by Crippen LogP contribution is -2.35. The first-order valence-corrected chi connectivity index (χ1v) is 13.9. The van der Waals surface area contributed by atoms with Crippen molar-refractivity contribution in [3.8, 4) is 0 Å². The number of anilines is 1. The molecule has 8 nitrogen and oxygen atoms in total. The molecule has 1 fully saturated rings. The number of hydrogen-bond acceptors (Lipinski definition) is 6. The van der Waals surface area contributed by atoms with Gasteiger partial charge in [0.25, 0.3) is 0 Å². The molecule has 4 aromatic rings. The molecule has 0 bridgehead atoms.